The molecule has 1 heterocycles. The minimum atomic E-state index is -0.200. The second-order valence-electron chi connectivity index (χ2n) is 6.18. The summed E-state index contributed by atoms with van der Waals surface area (Å²) < 4.78 is 18.4. The summed E-state index contributed by atoms with van der Waals surface area (Å²) in [6.07, 6.45) is 4.35. The van der Waals surface area contributed by atoms with Gasteiger partial charge in [0.1, 0.15) is 23.3 Å². The molecule has 0 radical (unpaired) electrons. The molecule has 1 amide bonds. The number of thiocarbonyl (C=S) groups is 1. The Hall–Kier alpha value is -2.29. The lowest BCUT2D eigenvalue weighted by molar-refractivity contribution is -0.115. The van der Waals surface area contributed by atoms with Crippen LogP contribution in [0.1, 0.15) is 11.1 Å². The standard InChI is InChI=1S/C22H20BrNO4S2/c1-3-6-15-7-4-5-8-17(15)27-9-10-28-20-16(23)11-14(12-18(20)26-2)13-19-21(25)24-22(29)30-19/h3-5,7-8,11-13H,1,6,9-10H2,2H3,(H,24,25,29)/b19-13-. The Balaban J connectivity index is 1.66. The molecule has 0 saturated carbocycles. The van der Waals surface area contributed by atoms with Gasteiger partial charge in [-0.2, -0.15) is 0 Å². The maximum atomic E-state index is 11.9. The van der Waals surface area contributed by atoms with E-state index in [1.54, 1.807) is 13.2 Å². The molecule has 3 rings (SSSR count). The highest BCUT2D eigenvalue weighted by Gasteiger charge is 2.22. The zero-order chi connectivity index (χ0) is 21.5. The predicted molar refractivity (Wildman–Crippen MR) is 128 cm³/mol. The number of hydrogen-bond acceptors (Lipinski definition) is 6. The zero-order valence-electron chi connectivity index (χ0n) is 16.3. The summed E-state index contributed by atoms with van der Waals surface area (Å²) in [5.74, 6) is 1.74. The Morgan fingerprint density at radius 3 is 2.67 bits per heavy atom. The van der Waals surface area contributed by atoms with Gasteiger partial charge in [-0.1, -0.05) is 48.3 Å². The molecule has 156 valence electrons. The molecule has 30 heavy (non-hydrogen) atoms. The van der Waals surface area contributed by atoms with Gasteiger partial charge in [0.25, 0.3) is 5.91 Å². The first-order valence-corrected chi connectivity index (χ1v) is 11.1. The summed E-state index contributed by atoms with van der Waals surface area (Å²) >= 11 is 9.78. The summed E-state index contributed by atoms with van der Waals surface area (Å²) in [5, 5.41) is 2.60. The van der Waals surface area contributed by atoms with E-state index in [4.69, 9.17) is 26.4 Å². The first kappa shape index (κ1) is 22.4. The van der Waals surface area contributed by atoms with E-state index in [9.17, 15) is 4.79 Å². The quantitative estimate of drug-likeness (QED) is 0.220. The molecular formula is C22H20BrNO4S2. The monoisotopic (exact) mass is 505 g/mol. The topological polar surface area (TPSA) is 56.8 Å². The minimum absolute atomic E-state index is 0.200. The van der Waals surface area contributed by atoms with Crippen LogP contribution in [-0.4, -0.2) is 30.6 Å². The van der Waals surface area contributed by atoms with Crippen LogP contribution in [0.15, 0.2) is 58.4 Å². The van der Waals surface area contributed by atoms with Crippen molar-refractivity contribution in [3.63, 3.8) is 0 Å². The minimum Gasteiger partial charge on any atom is -0.493 e. The number of rotatable bonds is 9. The van der Waals surface area contributed by atoms with Crippen molar-refractivity contribution in [3.05, 3.63) is 69.6 Å². The van der Waals surface area contributed by atoms with E-state index in [-0.39, 0.29) is 5.91 Å². The molecule has 0 aliphatic carbocycles. The first-order chi connectivity index (χ1) is 14.5. The molecule has 0 atom stereocenters. The van der Waals surface area contributed by atoms with E-state index >= 15 is 0 Å². The lowest BCUT2D eigenvalue weighted by Gasteiger charge is -2.15. The van der Waals surface area contributed by atoms with Crippen molar-refractivity contribution in [2.24, 2.45) is 0 Å². The molecule has 1 fully saturated rings. The van der Waals surface area contributed by atoms with Crippen LogP contribution < -0.4 is 19.5 Å². The molecule has 0 spiro atoms. The van der Waals surface area contributed by atoms with Crippen LogP contribution >= 0.6 is 39.9 Å². The SMILES string of the molecule is C=CCc1ccccc1OCCOc1c(Br)cc(/C=C2\SC(=S)NC2=O)cc1OC. The largest absolute Gasteiger partial charge is 0.493 e. The Bertz CT molecular complexity index is 1010. The second-order valence-corrected chi connectivity index (χ2v) is 8.76. The molecule has 2 aromatic rings. The van der Waals surface area contributed by atoms with Crippen molar-refractivity contribution in [1.29, 1.82) is 0 Å². The van der Waals surface area contributed by atoms with Gasteiger partial charge < -0.3 is 19.5 Å². The highest BCUT2D eigenvalue weighted by molar-refractivity contribution is 9.10. The fourth-order valence-electron chi connectivity index (χ4n) is 2.80. The number of allylic oxidation sites excluding steroid dienone is 1. The Morgan fingerprint density at radius 2 is 1.97 bits per heavy atom. The van der Waals surface area contributed by atoms with Crippen molar-refractivity contribution in [3.8, 4) is 17.2 Å². The lowest BCUT2D eigenvalue weighted by Crippen LogP contribution is -2.17. The Morgan fingerprint density at radius 1 is 1.20 bits per heavy atom. The summed E-state index contributed by atoms with van der Waals surface area (Å²) in [5.41, 5.74) is 1.87. The number of amides is 1. The molecule has 1 aliphatic rings. The van der Waals surface area contributed by atoms with E-state index in [2.05, 4.69) is 27.8 Å². The van der Waals surface area contributed by atoms with Crippen LogP contribution in [0.5, 0.6) is 17.2 Å². The maximum Gasteiger partial charge on any atom is 0.263 e. The van der Waals surface area contributed by atoms with Crippen molar-refractivity contribution in [2.75, 3.05) is 20.3 Å². The van der Waals surface area contributed by atoms with Gasteiger partial charge in [0.15, 0.2) is 11.5 Å². The molecule has 1 aliphatic heterocycles. The highest BCUT2D eigenvalue weighted by Crippen LogP contribution is 2.38. The molecule has 1 saturated heterocycles. The molecule has 2 aromatic carbocycles. The lowest BCUT2D eigenvalue weighted by atomic mass is 10.1. The van der Waals surface area contributed by atoms with Crippen molar-refractivity contribution >= 4 is 56.2 Å². The number of benzene rings is 2. The molecule has 0 aromatic heterocycles. The number of nitrogens with one attached hydrogen (secondary N) is 1. The Labute approximate surface area is 193 Å². The average Bonchev–Trinajstić information content (AvgIpc) is 3.04. The summed E-state index contributed by atoms with van der Waals surface area (Å²) in [6.45, 7) is 4.49. The van der Waals surface area contributed by atoms with E-state index < -0.39 is 0 Å². The predicted octanol–water partition coefficient (Wildman–Crippen LogP) is 5.13. The van der Waals surface area contributed by atoms with Gasteiger partial charge in [0.05, 0.1) is 16.5 Å². The highest BCUT2D eigenvalue weighted by atomic mass is 79.9. The van der Waals surface area contributed by atoms with Crippen LogP contribution in [0.3, 0.4) is 0 Å². The van der Waals surface area contributed by atoms with Gasteiger partial charge in [-0.25, -0.2) is 0 Å². The summed E-state index contributed by atoms with van der Waals surface area (Å²) in [7, 11) is 1.57. The molecule has 5 nitrogen and oxygen atoms in total. The number of hydrogen-bond donors (Lipinski definition) is 1. The number of methoxy groups -OCH3 is 1. The summed E-state index contributed by atoms with van der Waals surface area (Å²) in [4.78, 5) is 12.4. The van der Waals surface area contributed by atoms with Gasteiger partial charge in [-0.3, -0.25) is 4.79 Å². The van der Waals surface area contributed by atoms with Gasteiger partial charge in [-0.05, 0) is 57.8 Å². The fourth-order valence-corrected chi connectivity index (χ4v) is 4.42. The van der Waals surface area contributed by atoms with E-state index in [0.29, 0.717) is 38.4 Å². The third-order valence-electron chi connectivity index (χ3n) is 4.12. The van der Waals surface area contributed by atoms with Crippen LogP contribution in [-0.2, 0) is 11.2 Å². The molecule has 1 N–H and O–H groups in total. The van der Waals surface area contributed by atoms with Gasteiger partial charge in [0, 0.05) is 0 Å². The van der Waals surface area contributed by atoms with Gasteiger partial charge >= 0.3 is 0 Å². The fraction of sp³-hybridized carbons (Fsp3) is 0.182. The number of para-hydroxylation sites is 1. The van der Waals surface area contributed by atoms with Crippen molar-refractivity contribution < 1.29 is 19.0 Å². The number of ether oxygens (including phenoxy) is 3. The van der Waals surface area contributed by atoms with Crippen LogP contribution in [0.2, 0.25) is 0 Å². The van der Waals surface area contributed by atoms with Crippen molar-refractivity contribution in [1.82, 2.24) is 5.32 Å². The number of halogens is 1. The molecule has 8 heteroatoms. The van der Waals surface area contributed by atoms with Crippen LogP contribution in [0.4, 0.5) is 0 Å². The smallest absolute Gasteiger partial charge is 0.263 e. The van der Waals surface area contributed by atoms with Crippen LogP contribution in [0, 0.1) is 0 Å². The summed E-state index contributed by atoms with van der Waals surface area (Å²) in [6, 6.07) is 11.5. The third-order valence-corrected chi connectivity index (χ3v) is 5.87. The van der Waals surface area contributed by atoms with Gasteiger partial charge in [0.2, 0.25) is 0 Å². The number of thioether (sulfide) groups is 1. The van der Waals surface area contributed by atoms with E-state index in [1.165, 1.54) is 11.8 Å². The third kappa shape index (κ3) is 5.65. The first-order valence-electron chi connectivity index (χ1n) is 9.08. The number of carbonyl (C=O) groups is 1. The van der Waals surface area contributed by atoms with Crippen molar-refractivity contribution in [2.45, 2.75) is 6.42 Å². The van der Waals surface area contributed by atoms with Gasteiger partial charge in [-0.15, -0.1) is 6.58 Å². The molecule has 0 unspecified atom stereocenters. The van der Waals surface area contributed by atoms with E-state index in [1.807, 2.05) is 42.5 Å². The molecular weight excluding hydrogens is 486 g/mol. The van der Waals surface area contributed by atoms with Crippen LogP contribution in [0.25, 0.3) is 6.08 Å². The number of carbonyl (C=O) groups excluding carboxylic acids is 1. The maximum absolute atomic E-state index is 11.9. The Kier molecular flexibility index (Phi) is 7.95. The second kappa shape index (κ2) is 10.7. The van der Waals surface area contributed by atoms with E-state index in [0.717, 1.165) is 23.3 Å². The average molecular weight is 506 g/mol. The zero-order valence-corrected chi connectivity index (χ0v) is 19.5. The normalized spacial score (nSPS) is 14.5. The molecule has 0 bridgehead atoms.